The van der Waals surface area contributed by atoms with Crippen LogP contribution in [0.5, 0.6) is 0 Å². The smallest absolute Gasteiger partial charge is 0.330 e. The van der Waals surface area contributed by atoms with Gasteiger partial charge >= 0.3 is 5.97 Å². The molecule has 0 N–H and O–H groups in total. The van der Waals surface area contributed by atoms with Crippen LogP contribution in [0.1, 0.15) is 10.9 Å². The molecule has 0 saturated carbocycles. The molecule has 1 rings (SSSR count). The van der Waals surface area contributed by atoms with E-state index in [1.165, 1.54) is 0 Å². The molecule has 0 saturated heterocycles. The molecule has 78 valence electrons. The highest BCUT2D eigenvalue weighted by atomic mass is 127. The summed E-state index contributed by atoms with van der Waals surface area (Å²) in [5, 5.41) is -0.809. The van der Waals surface area contributed by atoms with Crippen molar-refractivity contribution >= 4 is 40.2 Å². The first kappa shape index (κ1) is 12.3. The van der Waals surface area contributed by atoms with Gasteiger partial charge in [-0.25, -0.2) is 0 Å². The average Bonchev–Trinajstić information content (AvgIpc) is 2.29. The Labute approximate surface area is 107 Å². The molecule has 0 spiro atoms. The lowest BCUT2D eigenvalue weighted by Crippen LogP contribution is -2.15. The lowest BCUT2D eigenvalue weighted by Gasteiger charge is -2.10. The van der Waals surface area contributed by atoms with Crippen LogP contribution in [-0.4, -0.2) is 10.1 Å². The summed E-state index contributed by atoms with van der Waals surface area (Å²) in [5.41, 5.74) is 0.699. The Balaban J connectivity index is 2.66. The molecule has 2 unspecified atom stereocenters. The van der Waals surface area contributed by atoms with Crippen LogP contribution in [0.25, 0.3) is 0 Å². The summed E-state index contributed by atoms with van der Waals surface area (Å²) in [4.78, 5) is 11.5. The van der Waals surface area contributed by atoms with E-state index < -0.39 is 15.5 Å². The maximum Gasteiger partial charge on any atom is 0.330 e. The summed E-state index contributed by atoms with van der Waals surface area (Å²) in [5.74, 6) is 1.76. The monoisotopic (exact) mass is 334 g/mol. The van der Waals surface area contributed by atoms with Crippen LogP contribution in [0.2, 0.25) is 0 Å². The van der Waals surface area contributed by atoms with Crippen LogP contribution < -0.4 is 0 Å². The molecule has 0 aliphatic heterocycles. The lowest BCUT2D eigenvalue weighted by atomic mass is 10.1. The van der Waals surface area contributed by atoms with Crippen LogP contribution in [-0.2, 0) is 9.53 Å². The van der Waals surface area contributed by atoms with Gasteiger partial charge < -0.3 is 4.74 Å². The predicted molar refractivity (Wildman–Crippen MR) is 67.8 cm³/mol. The van der Waals surface area contributed by atoms with Crippen LogP contribution >= 0.6 is 34.2 Å². The Morgan fingerprint density at radius 2 is 2.07 bits per heavy atom. The molecule has 0 amide bonds. The van der Waals surface area contributed by atoms with Crippen molar-refractivity contribution in [2.75, 3.05) is 0 Å². The number of terminal acetylenes is 1. The first-order valence-electron chi connectivity index (χ1n) is 4.15. The van der Waals surface area contributed by atoms with E-state index in [0.29, 0.717) is 5.56 Å². The molecule has 2 atom stereocenters. The highest BCUT2D eigenvalue weighted by Gasteiger charge is 2.20. The van der Waals surface area contributed by atoms with Crippen molar-refractivity contribution in [1.29, 1.82) is 0 Å². The van der Waals surface area contributed by atoms with Crippen molar-refractivity contribution < 1.29 is 9.53 Å². The summed E-state index contributed by atoms with van der Waals surface area (Å²) >= 11 is 7.75. The molecule has 15 heavy (non-hydrogen) atoms. The number of halogens is 2. The number of benzene rings is 1. The summed E-state index contributed by atoms with van der Waals surface area (Å²) in [7, 11) is 0. The van der Waals surface area contributed by atoms with E-state index in [0.717, 1.165) is 0 Å². The zero-order valence-corrected chi connectivity index (χ0v) is 10.6. The number of hydrogen-bond donors (Lipinski definition) is 0. The van der Waals surface area contributed by atoms with Gasteiger partial charge in [0.2, 0.25) is 4.11 Å². The van der Waals surface area contributed by atoms with Gasteiger partial charge in [0.15, 0.2) is 5.38 Å². The largest absolute Gasteiger partial charge is 0.438 e. The normalized spacial score (nSPS) is 13.7. The van der Waals surface area contributed by atoms with Gasteiger partial charge in [0.25, 0.3) is 0 Å². The fourth-order valence-electron chi connectivity index (χ4n) is 0.954. The van der Waals surface area contributed by atoms with Gasteiger partial charge in [0.1, 0.15) is 0 Å². The molecule has 4 heteroatoms. The number of ether oxygens (including phenoxy) is 1. The first-order chi connectivity index (χ1) is 7.15. The molecular formula is C11H8ClIO2. The van der Waals surface area contributed by atoms with E-state index in [1.54, 1.807) is 24.3 Å². The number of carbonyl (C=O) groups is 1. The first-order valence-corrected chi connectivity index (χ1v) is 5.83. The molecular weight excluding hydrogens is 326 g/mol. The second-order valence-corrected chi connectivity index (χ2v) is 4.26. The number of rotatable bonds is 3. The second-order valence-electron chi connectivity index (χ2n) is 2.69. The van der Waals surface area contributed by atoms with E-state index in [2.05, 4.69) is 5.92 Å². The third-order valence-corrected chi connectivity index (χ3v) is 2.69. The predicted octanol–water partition coefficient (Wildman–Crippen LogP) is 2.90. The molecule has 1 aromatic carbocycles. The average molecular weight is 335 g/mol. The Morgan fingerprint density at radius 3 is 2.60 bits per heavy atom. The minimum Gasteiger partial charge on any atom is -0.438 e. The van der Waals surface area contributed by atoms with Crippen molar-refractivity contribution in [1.82, 2.24) is 0 Å². The van der Waals surface area contributed by atoms with Crippen LogP contribution in [0.4, 0.5) is 0 Å². The molecule has 0 fully saturated rings. The molecule has 0 aliphatic rings. The van der Waals surface area contributed by atoms with Crippen LogP contribution in [0, 0.1) is 12.3 Å². The van der Waals surface area contributed by atoms with Crippen molar-refractivity contribution in [3.8, 4) is 12.3 Å². The SMILES string of the molecule is C#CC(I)OC(=O)C(Cl)c1ccccc1. The Hall–Kier alpha value is -0.730. The van der Waals surface area contributed by atoms with Crippen molar-refractivity contribution in [2.45, 2.75) is 9.49 Å². The van der Waals surface area contributed by atoms with Gasteiger partial charge in [-0.1, -0.05) is 36.3 Å². The van der Waals surface area contributed by atoms with Crippen LogP contribution in [0.3, 0.4) is 0 Å². The second kappa shape index (κ2) is 5.99. The molecule has 0 aromatic heterocycles. The van der Waals surface area contributed by atoms with Crippen molar-refractivity contribution in [2.24, 2.45) is 0 Å². The molecule has 0 bridgehead atoms. The molecule has 0 radical (unpaired) electrons. The Kier molecular flexibility index (Phi) is 4.92. The Morgan fingerprint density at radius 1 is 1.47 bits per heavy atom. The van der Waals surface area contributed by atoms with Gasteiger partial charge in [-0.15, -0.1) is 18.0 Å². The van der Waals surface area contributed by atoms with Crippen molar-refractivity contribution in [3.63, 3.8) is 0 Å². The Bertz CT molecular complexity index is 372. The standard InChI is InChI=1S/C11H8ClIO2/c1-2-9(13)15-11(14)10(12)8-6-4-3-5-7-8/h1,3-7,9-10H. The van der Waals surface area contributed by atoms with Crippen molar-refractivity contribution in [3.05, 3.63) is 35.9 Å². The van der Waals surface area contributed by atoms with Gasteiger partial charge in [0, 0.05) is 0 Å². The maximum absolute atomic E-state index is 11.5. The van der Waals surface area contributed by atoms with E-state index in [9.17, 15) is 4.79 Å². The molecule has 0 heterocycles. The highest BCUT2D eigenvalue weighted by Crippen LogP contribution is 2.22. The molecule has 1 aromatic rings. The third kappa shape index (κ3) is 3.73. The zero-order valence-electron chi connectivity index (χ0n) is 7.69. The van der Waals surface area contributed by atoms with E-state index >= 15 is 0 Å². The van der Waals surface area contributed by atoms with Crippen LogP contribution in [0.15, 0.2) is 30.3 Å². The fraction of sp³-hybridized carbons (Fsp3) is 0.182. The molecule has 0 aliphatic carbocycles. The number of hydrogen-bond acceptors (Lipinski definition) is 2. The van der Waals surface area contributed by atoms with E-state index in [-0.39, 0.29) is 0 Å². The van der Waals surface area contributed by atoms with Gasteiger partial charge in [-0.2, -0.15) is 0 Å². The molecule has 2 nitrogen and oxygen atoms in total. The quantitative estimate of drug-likeness (QED) is 0.368. The van der Waals surface area contributed by atoms with Gasteiger partial charge in [-0.05, 0) is 28.2 Å². The zero-order chi connectivity index (χ0) is 11.3. The maximum atomic E-state index is 11.5. The summed E-state index contributed by atoms with van der Waals surface area (Å²) in [6.45, 7) is 0. The fourth-order valence-corrected chi connectivity index (χ4v) is 1.40. The number of alkyl halides is 2. The summed E-state index contributed by atoms with van der Waals surface area (Å²) in [6.07, 6.45) is 5.08. The third-order valence-electron chi connectivity index (χ3n) is 1.65. The minimum atomic E-state index is -0.809. The van der Waals surface area contributed by atoms with E-state index in [1.807, 2.05) is 28.7 Å². The minimum absolute atomic E-state index is 0.528. The lowest BCUT2D eigenvalue weighted by molar-refractivity contribution is -0.142. The summed E-state index contributed by atoms with van der Waals surface area (Å²) in [6, 6.07) is 8.98. The summed E-state index contributed by atoms with van der Waals surface area (Å²) < 4.78 is 4.31. The highest BCUT2D eigenvalue weighted by molar-refractivity contribution is 14.1. The van der Waals surface area contributed by atoms with Gasteiger partial charge in [-0.3, -0.25) is 4.79 Å². The topological polar surface area (TPSA) is 26.3 Å². The number of esters is 1. The van der Waals surface area contributed by atoms with E-state index in [4.69, 9.17) is 22.8 Å². The number of carbonyl (C=O) groups excluding carboxylic acids is 1. The van der Waals surface area contributed by atoms with Gasteiger partial charge in [0.05, 0.1) is 0 Å².